The number of ether oxygens (including phenoxy) is 1. The first kappa shape index (κ1) is 21.5. The zero-order chi connectivity index (χ0) is 20.9. The third kappa shape index (κ3) is 5.84. The number of carbonyl (C=O) groups is 3. The van der Waals surface area contributed by atoms with E-state index in [1.165, 1.54) is 11.0 Å². The van der Waals surface area contributed by atoms with Crippen LogP contribution in [0.15, 0.2) is 36.9 Å². The van der Waals surface area contributed by atoms with Gasteiger partial charge in [-0.05, 0) is 57.4 Å². The molecule has 1 atom stereocenters. The van der Waals surface area contributed by atoms with E-state index >= 15 is 0 Å². The number of rotatable bonds is 5. The number of nitrogens with zero attached hydrogens (tertiary/aromatic N) is 2. The van der Waals surface area contributed by atoms with Crippen LogP contribution in [0.4, 0.5) is 10.5 Å². The number of hydrogen-bond acceptors (Lipinski definition) is 4. The molecule has 0 spiro atoms. The lowest BCUT2D eigenvalue weighted by Gasteiger charge is -2.24. The summed E-state index contributed by atoms with van der Waals surface area (Å²) in [5, 5.41) is 2.85. The first-order chi connectivity index (χ1) is 13.1. The Morgan fingerprint density at radius 2 is 1.93 bits per heavy atom. The summed E-state index contributed by atoms with van der Waals surface area (Å²) in [6.45, 7) is 9.92. The number of nitrogens with one attached hydrogen (secondary N) is 1. The topological polar surface area (TPSA) is 79.0 Å². The molecule has 7 nitrogen and oxygen atoms in total. The quantitative estimate of drug-likeness (QED) is 0.787. The van der Waals surface area contributed by atoms with E-state index < -0.39 is 17.7 Å². The van der Waals surface area contributed by atoms with Gasteiger partial charge in [-0.3, -0.25) is 9.59 Å². The van der Waals surface area contributed by atoms with Gasteiger partial charge in [0.15, 0.2) is 0 Å². The molecule has 0 radical (unpaired) electrons. The molecular formula is C21H29N3O4. The Morgan fingerprint density at radius 1 is 1.29 bits per heavy atom. The Labute approximate surface area is 166 Å². The molecule has 1 N–H and O–H groups in total. The fourth-order valence-corrected chi connectivity index (χ4v) is 3.02. The minimum absolute atomic E-state index is 0.202. The molecule has 1 aromatic carbocycles. The Balaban J connectivity index is 1.93. The summed E-state index contributed by atoms with van der Waals surface area (Å²) < 4.78 is 5.33. The number of amides is 3. The average Bonchev–Trinajstić information content (AvgIpc) is 3.11. The number of hydrogen-bond donors (Lipinski definition) is 1. The van der Waals surface area contributed by atoms with Crippen molar-refractivity contribution in [3.05, 3.63) is 42.5 Å². The fourth-order valence-electron chi connectivity index (χ4n) is 3.02. The molecule has 3 amide bonds. The van der Waals surface area contributed by atoms with Gasteiger partial charge in [-0.15, -0.1) is 0 Å². The largest absolute Gasteiger partial charge is 0.444 e. The molecule has 0 saturated carbocycles. The normalized spacial score (nSPS) is 16.4. The number of carbonyl (C=O) groups excluding carboxylic acids is 3. The van der Waals surface area contributed by atoms with Crippen LogP contribution in [0, 0.1) is 0 Å². The maximum atomic E-state index is 12.5. The van der Waals surface area contributed by atoms with Crippen LogP contribution in [-0.4, -0.2) is 52.9 Å². The third-order valence-electron chi connectivity index (χ3n) is 4.36. The van der Waals surface area contributed by atoms with Gasteiger partial charge >= 0.3 is 6.09 Å². The van der Waals surface area contributed by atoms with E-state index in [1.807, 2.05) is 32.9 Å². The van der Waals surface area contributed by atoms with E-state index in [0.29, 0.717) is 25.2 Å². The van der Waals surface area contributed by atoms with Gasteiger partial charge in [0.25, 0.3) is 0 Å². The van der Waals surface area contributed by atoms with Crippen molar-refractivity contribution in [2.45, 2.75) is 51.8 Å². The lowest BCUT2D eigenvalue weighted by molar-refractivity contribution is -0.132. The van der Waals surface area contributed by atoms with E-state index in [0.717, 1.165) is 12.0 Å². The minimum atomic E-state index is -0.541. The minimum Gasteiger partial charge on any atom is -0.444 e. The number of likely N-dealkylation sites (tertiary alicyclic amines) is 1. The Bertz CT molecular complexity index is 737. The maximum Gasteiger partial charge on any atom is 0.410 e. The molecule has 0 aliphatic carbocycles. The van der Waals surface area contributed by atoms with Gasteiger partial charge in [0.1, 0.15) is 11.6 Å². The van der Waals surface area contributed by atoms with E-state index in [1.54, 1.807) is 24.1 Å². The van der Waals surface area contributed by atoms with Crippen LogP contribution in [0.25, 0.3) is 0 Å². The van der Waals surface area contributed by atoms with E-state index in [9.17, 15) is 14.4 Å². The Kier molecular flexibility index (Phi) is 6.83. The van der Waals surface area contributed by atoms with Crippen LogP contribution >= 0.6 is 0 Å². The van der Waals surface area contributed by atoms with Crippen LogP contribution in [0.5, 0.6) is 0 Å². The van der Waals surface area contributed by atoms with Gasteiger partial charge < -0.3 is 19.9 Å². The van der Waals surface area contributed by atoms with Crippen molar-refractivity contribution in [2.75, 3.05) is 18.9 Å². The lowest BCUT2D eigenvalue weighted by atomic mass is 10.1. The molecule has 1 saturated heterocycles. The first-order valence-electron chi connectivity index (χ1n) is 9.37. The van der Waals surface area contributed by atoms with Gasteiger partial charge in [-0.1, -0.05) is 18.7 Å². The predicted octanol–water partition coefficient (Wildman–Crippen LogP) is 3.17. The molecule has 1 aliphatic heterocycles. The second kappa shape index (κ2) is 8.91. The molecule has 1 unspecified atom stereocenters. The van der Waals surface area contributed by atoms with Crippen LogP contribution < -0.4 is 5.32 Å². The molecule has 1 aliphatic rings. The summed E-state index contributed by atoms with van der Waals surface area (Å²) in [4.78, 5) is 39.5. The van der Waals surface area contributed by atoms with Crippen LogP contribution in [0.3, 0.4) is 0 Å². The summed E-state index contributed by atoms with van der Waals surface area (Å²) >= 11 is 0. The molecule has 2 rings (SSSR count). The monoisotopic (exact) mass is 387 g/mol. The SMILES string of the molecule is C=CC(=O)N1CCCC1C(=O)Nc1ccc(CN(C)C(=O)OC(C)(C)C)cc1. The second-order valence-corrected chi connectivity index (χ2v) is 7.92. The summed E-state index contributed by atoms with van der Waals surface area (Å²) in [5.74, 6) is -0.426. The van der Waals surface area contributed by atoms with E-state index in [2.05, 4.69) is 11.9 Å². The molecule has 28 heavy (non-hydrogen) atoms. The zero-order valence-corrected chi connectivity index (χ0v) is 17.0. The number of benzene rings is 1. The smallest absolute Gasteiger partial charge is 0.410 e. The molecule has 152 valence electrons. The number of anilines is 1. The summed E-state index contributed by atoms with van der Waals surface area (Å²) in [6, 6.07) is 6.79. The van der Waals surface area contributed by atoms with Crippen molar-refractivity contribution in [3.63, 3.8) is 0 Å². The highest BCUT2D eigenvalue weighted by molar-refractivity contribution is 5.99. The highest BCUT2D eigenvalue weighted by Gasteiger charge is 2.32. The highest BCUT2D eigenvalue weighted by Crippen LogP contribution is 2.20. The molecule has 1 aromatic rings. The molecule has 1 heterocycles. The van der Waals surface area contributed by atoms with Crippen molar-refractivity contribution in [3.8, 4) is 0 Å². The van der Waals surface area contributed by atoms with Crippen molar-refractivity contribution in [1.82, 2.24) is 9.80 Å². The van der Waals surface area contributed by atoms with Gasteiger partial charge in [0.05, 0.1) is 0 Å². The lowest BCUT2D eigenvalue weighted by Crippen LogP contribution is -2.42. The fraction of sp³-hybridized carbons (Fsp3) is 0.476. The molecule has 0 aromatic heterocycles. The molecular weight excluding hydrogens is 358 g/mol. The standard InChI is InChI=1S/C21H29N3O4/c1-6-18(25)24-13-7-8-17(24)19(26)22-16-11-9-15(10-12-16)14-23(5)20(27)28-21(2,3)4/h6,9-12,17H,1,7-8,13-14H2,2-5H3,(H,22,26). The van der Waals surface area contributed by atoms with Crippen LogP contribution in [0.1, 0.15) is 39.2 Å². The highest BCUT2D eigenvalue weighted by atomic mass is 16.6. The maximum absolute atomic E-state index is 12.5. The van der Waals surface area contributed by atoms with Gasteiger partial charge in [0, 0.05) is 25.8 Å². The summed E-state index contributed by atoms with van der Waals surface area (Å²) in [7, 11) is 1.68. The first-order valence-corrected chi connectivity index (χ1v) is 9.37. The van der Waals surface area contributed by atoms with Crippen LogP contribution in [-0.2, 0) is 20.9 Å². The Hall–Kier alpha value is -2.83. The van der Waals surface area contributed by atoms with Gasteiger partial charge in [-0.25, -0.2) is 4.79 Å². The molecule has 7 heteroatoms. The van der Waals surface area contributed by atoms with Gasteiger partial charge in [-0.2, -0.15) is 0 Å². The molecule has 1 fully saturated rings. The van der Waals surface area contributed by atoms with Crippen molar-refractivity contribution in [1.29, 1.82) is 0 Å². The van der Waals surface area contributed by atoms with Crippen molar-refractivity contribution >= 4 is 23.6 Å². The van der Waals surface area contributed by atoms with Crippen molar-refractivity contribution < 1.29 is 19.1 Å². The summed E-state index contributed by atoms with van der Waals surface area (Å²) in [6.07, 6.45) is 2.29. The van der Waals surface area contributed by atoms with E-state index in [4.69, 9.17) is 4.74 Å². The predicted molar refractivity (Wildman–Crippen MR) is 108 cm³/mol. The van der Waals surface area contributed by atoms with Crippen LogP contribution in [0.2, 0.25) is 0 Å². The van der Waals surface area contributed by atoms with Crippen molar-refractivity contribution in [2.24, 2.45) is 0 Å². The third-order valence-corrected chi connectivity index (χ3v) is 4.36. The summed E-state index contributed by atoms with van der Waals surface area (Å²) in [5.41, 5.74) is 1.02. The second-order valence-electron chi connectivity index (χ2n) is 7.92. The molecule has 0 bridgehead atoms. The van der Waals surface area contributed by atoms with E-state index in [-0.39, 0.29) is 11.8 Å². The average molecular weight is 387 g/mol. The zero-order valence-electron chi connectivity index (χ0n) is 17.0. The van der Waals surface area contributed by atoms with Gasteiger partial charge in [0.2, 0.25) is 11.8 Å². The Morgan fingerprint density at radius 3 is 2.50 bits per heavy atom.